The Bertz CT molecular complexity index is 438. The highest BCUT2D eigenvalue weighted by Crippen LogP contribution is 2.20. The van der Waals surface area contributed by atoms with E-state index >= 15 is 0 Å². The van der Waals surface area contributed by atoms with Crippen LogP contribution in [-0.2, 0) is 9.84 Å². The van der Waals surface area contributed by atoms with Crippen molar-refractivity contribution in [1.29, 1.82) is 0 Å². The van der Waals surface area contributed by atoms with Gasteiger partial charge in [0.25, 0.3) is 0 Å². The van der Waals surface area contributed by atoms with Gasteiger partial charge in [0.15, 0.2) is 5.44 Å². The average molecular weight is 241 g/mol. The minimum absolute atomic E-state index is 0.177. The Morgan fingerprint density at radius 2 is 2.00 bits per heavy atom. The molecule has 1 aromatic rings. The first kappa shape index (κ1) is 11.6. The van der Waals surface area contributed by atoms with Gasteiger partial charge in [0.2, 0.25) is 9.84 Å². The number of nitrogens with one attached hydrogen (secondary N) is 1. The number of benzene rings is 1. The molecule has 1 fully saturated rings. The lowest BCUT2D eigenvalue weighted by atomic mass is 10.2. The van der Waals surface area contributed by atoms with Crippen LogP contribution in [-0.4, -0.2) is 31.5 Å². The lowest BCUT2D eigenvalue weighted by molar-refractivity contribution is 0.207. The summed E-state index contributed by atoms with van der Waals surface area (Å²) in [6, 6.07) is 7.73. The van der Waals surface area contributed by atoms with E-state index < -0.39 is 15.3 Å². The van der Waals surface area contributed by atoms with Crippen molar-refractivity contribution in [1.82, 2.24) is 5.32 Å². The second-order valence-corrected chi connectivity index (χ2v) is 6.00. The van der Waals surface area contributed by atoms with Gasteiger partial charge in [-0.15, -0.1) is 0 Å². The highest BCUT2D eigenvalue weighted by molar-refractivity contribution is 7.92. The molecule has 0 bridgehead atoms. The van der Waals surface area contributed by atoms with Crippen molar-refractivity contribution >= 4 is 9.84 Å². The quantitative estimate of drug-likeness (QED) is 0.810. The molecule has 16 heavy (non-hydrogen) atoms. The molecule has 0 aliphatic carbocycles. The van der Waals surface area contributed by atoms with Gasteiger partial charge in [-0.25, -0.2) is 8.42 Å². The summed E-state index contributed by atoms with van der Waals surface area (Å²) in [6.07, 6.45) is 1.61. The molecule has 1 heterocycles. The molecule has 1 aliphatic heterocycles. The molecule has 2 atom stereocenters. The third-order valence-electron chi connectivity index (χ3n) is 2.83. The van der Waals surface area contributed by atoms with E-state index in [0.29, 0.717) is 6.42 Å². The van der Waals surface area contributed by atoms with Crippen LogP contribution in [0.15, 0.2) is 35.2 Å². The molecule has 0 radical (unpaired) electrons. The Morgan fingerprint density at radius 3 is 2.56 bits per heavy atom. The average Bonchev–Trinajstić information content (AvgIpc) is 2.82. The maximum absolute atomic E-state index is 12.0. The van der Waals surface area contributed by atoms with E-state index in [4.69, 9.17) is 0 Å². The van der Waals surface area contributed by atoms with Crippen LogP contribution in [0.2, 0.25) is 0 Å². The van der Waals surface area contributed by atoms with E-state index in [1.54, 1.807) is 18.2 Å². The molecule has 1 aliphatic rings. The van der Waals surface area contributed by atoms with Gasteiger partial charge >= 0.3 is 0 Å². The van der Waals surface area contributed by atoms with Crippen LogP contribution in [0.5, 0.6) is 0 Å². The predicted octanol–water partition coefficient (Wildman–Crippen LogP) is 0.531. The summed E-state index contributed by atoms with van der Waals surface area (Å²) in [5.74, 6) is 0. The Morgan fingerprint density at radius 1 is 1.31 bits per heavy atom. The summed E-state index contributed by atoms with van der Waals surface area (Å²) in [5, 5.41) is 12.9. The van der Waals surface area contributed by atoms with E-state index in [1.807, 2.05) is 0 Å². The number of aliphatic hydroxyl groups excluding tert-OH is 1. The maximum atomic E-state index is 12.0. The molecule has 0 spiro atoms. The molecule has 5 heteroatoms. The molecule has 1 aromatic carbocycles. The molecule has 0 unspecified atom stereocenters. The molecular weight excluding hydrogens is 226 g/mol. The molecule has 4 nitrogen and oxygen atoms in total. The standard InChI is InChI=1S/C11H15NO3S/c13-11(10-7-4-8-12-10)16(14,15)9-5-2-1-3-6-9/h1-3,5-6,10-13H,4,7-8H2/t10-,11+/m0/s1. The molecule has 0 amide bonds. The van der Waals surface area contributed by atoms with E-state index in [9.17, 15) is 13.5 Å². The number of rotatable bonds is 3. The second kappa shape index (κ2) is 4.53. The number of aliphatic hydroxyl groups is 1. The third-order valence-corrected chi connectivity index (χ3v) is 4.73. The van der Waals surface area contributed by atoms with Crippen LogP contribution in [0.1, 0.15) is 12.8 Å². The van der Waals surface area contributed by atoms with E-state index in [2.05, 4.69) is 5.32 Å². The van der Waals surface area contributed by atoms with Crippen molar-refractivity contribution < 1.29 is 13.5 Å². The van der Waals surface area contributed by atoms with Gasteiger partial charge in [-0.05, 0) is 31.5 Å². The van der Waals surface area contributed by atoms with Crippen LogP contribution < -0.4 is 5.32 Å². The highest BCUT2D eigenvalue weighted by Gasteiger charge is 2.34. The largest absolute Gasteiger partial charge is 0.375 e. The van der Waals surface area contributed by atoms with Crippen molar-refractivity contribution in [2.75, 3.05) is 6.54 Å². The normalized spacial score (nSPS) is 23.2. The van der Waals surface area contributed by atoms with Crippen LogP contribution >= 0.6 is 0 Å². The molecule has 2 rings (SSSR count). The van der Waals surface area contributed by atoms with Crippen molar-refractivity contribution in [3.05, 3.63) is 30.3 Å². The first-order valence-electron chi connectivity index (χ1n) is 5.33. The Labute approximate surface area is 95.2 Å². The zero-order valence-electron chi connectivity index (χ0n) is 8.83. The summed E-state index contributed by atoms with van der Waals surface area (Å²) in [6.45, 7) is 0.770. The number of hydrogen-bond donors (Lipinski definition) is 2. The number of sulfone groups is 1. The summed E-state index contributed by atoms with van der Waals surface area (Å²) >= 11 is 0. The smallest absolute Gasteiger partial charge is 0.206 e. The minimum atomic E-state index is -3.63. The van der Waals surface area contributed by atoms with Gasteiger partial charge in [-0.1, -0.05) is 18.2 Å². The summed E-state index contributed by atoms with van der Waals surface area (Å²) in [5.41, 5.74) is -1.35. The first-order valence-corrected chi connectivity index (χ1v) is 6.87. The van der Waals surface area contributed by atoms with Gasteiger partial charge in [-0.3, -0.25) is 0 Å². The van der Waals surface area contributed by atoms with Gasteiger partial charge in [0.05, 0.1) is 4.90 Å². The third kappa shape index (κ3) is 2.11. The van der Waals surface area contributed by atoms with Crippen molar-refractivity contribution in [3.8, 4) is 0 Å². The van der Waals surface area contributed by atoms with Crippen molar-refractivity contribution in [2.24, 2.45) is 0 Å². The lowest BCUT2D eigenvalue weighted by Crippen LogP contribution is -2.40. The van der Waals surface area contributed by atoms with Crippen LogP contribution in [0.25, 0.3) is 0 Å². The predicted molar refractivity (Wildman–Crippen MR) is 60.7 cm³/mol. The molecule has 1 saturated heterocycles. The fourth-order valence-electron chi connectivity index (χ4n) is 1.92. The monoisotopic (exact) mass is 241 g/mol. The zero-order valence-corrected chi connectivity index (χ0v) is 9.65. The second-order valence-electron chi connectivity index (χ2n) is 3.95. The summed E-state index contributed by atoms with van der Waals surface area (Å²) in [4.78, 5) is 0.177. The van der Waals surface area contributed by atoms with E-state index in [1.165, 1.54) is 12.1 Å². The van der Waals surface area contributed by atoms with Gasteiger partial charge in [0, 0.05) is 6.04 Å². The van der Waals surface area contributed by atoms with Crippen LogP contribution in [0.4, 0.5) is 0 Å². The minimum Gasteiger partial charge on any atom is -0.375 e. The topological polar surface area (TPSA) is 66.4 Å². The number of hydrogen-bond acceptors (Lipinski definition) is 4. The fraction of sp³-hybridized carbons (Fsp3) is 0.455. The van der Waals surface area contributed by atoms with E-state index in [-0.39, 0.29) is 10.9 Å². The van der Waals surface area contributed by atoms with Crippen LogP contribution in [0, 0.1) is 0 Å². The van der Waals surface area contributed by atoms with Crippen molar-refractivity contribution in [3.63, 3.8) is 0 Å². The summed E-state index contributed by atoms with van der Waals surface area (Å²) in [7, 11) is -3.63. The zero-order chi connectivity index (χ0) is 11.6. The van der Waals surface area contributed by atoms with Gasteiger partial charge in [-0.2, -0.15) is 0 Å². The van der Waals surface area contributed by atoms with Crippen molar-refractivity contribution in [2.45, 2.75) is 29.2 Å². The van der Waals surface area contributed by atoms with Gasteiger partial charge < -0.3 is 10.4 Å². The lowest BCUT2D eigenvalue weighted by Gasteiger charge is -2.18. The Kier molecular flexibility index (Phi) is 3.28. The van der Waals surface area contributed by atoms with E-state index in [0.717, 1.165) is 13.0 Å². The van der Waals surface area contributed by atoms with Gasteiger partial charge in [0.1, 0.15) is 0 Å². The molecule has 88 valence electrons. The summed E-state index contributed by atoms with van der Waals surface area (Å²) < 4.78 is 24.1. The van der Waals surface area contributed by atoms with Crippen LogP contribution in [0.3, 0.4) is 0 Å². The molecule has 0 aromatic heterocycles. The molecular formula is C11H15NO3S. The molecule has 2 N–H and O–H groups in total. The first-order chi connectivity index (χ1) is 7.62. The highest BCUT2D eigenvalue weighted by atomic mass is 32.2. The Hall–Kier alpha value is -0.910. The maximum Gasteiger partial charge on any atom is 0.206 e. The Balaban J connectivity index is 2.25. The SMILES string of the molecule is O=S(=O)(c1ccccc1)[C@@H](O)[C@@H]1CCCN1. The fourth-order valence-corrected chi connectivity index (χ4v) is 3.40. The molecule has 0 saturated carbocycles.